The lowest BCUT2D eigenvalue weighted by atomic mass is 10.2. The second kappa shape index (κ2) is 4.76. The maximum Gasteiger partial charge on any atom is 0.254 e. The van der Waals surface area contributed by atoms with Crippen LogP contribution in [0.2, 0.25) is 0 Å². The van der Waals surface area contributed by atoms with E-state index in [0.717, 1.165) is 0 Å². The van der Waals surface area contributed by atoms with Crippen molar-refractivity contribution in [3.05, 3.63) is 48.0 Å². The molecule has 2 N–H and O–H groups in total. The molecular weight excluding hydrogens is 261 g/mol. The molecule has 2 heterocycles. The molecule has 1 aromatic carbocycles. The van der Waals surface area contributed by atoms with E-state index in [2.05, 4.69) is 15.1 Å². The Kier molecular flexibility index (Phi) is 2.94. The minimum Gasteiger partial charge on any atom is -0.481 e. The average Bonchev–Trinajstić information content (AvgIpc) is 2.81. The minimum absolute atomic E-state index is 0.128. The van der Waals surface area contributed by atoms with Crippen LogP contribution in [0.5, 0.6) is 5.75 Å². The van der Waals surface area contributed by atoms with Gasteiger partial charge in [0.25, 0.3) is 5.78 Å². The van der Waals surface area contributed by atoms with Gasteiger partial charge in [-0.05, 0) is 25.1 Å². The molecule has 0 amide bonds. The van der Waals surface area contributed by atoms with Crippen LogP contribution in [-0.4, -0.2) is 19.6 Å². The lowest BCUT2D eigenvalue weighted by Gasteiger charge is -2.15. The van der Waals surface area contributed by atoms with Gasteiger partial charge in [-0.1, -0.05) is 12.1 Å². The van der Waals surface area contributed by atoms with Gasteiger partial charge >= 0.3 is 0 Å². The number of aromatic nitrogens is 4. The Morgan fingerprint density at radius 1 is 1.30 bits per heavy atom. The summed E-state index contributed by atoms with van der Waals surface area (Å²) in [7, 11) is 0. The van der Waals surface area contributed by atoms with Crippen LogP contribution in [0, 0.1) is 5.82 Å². The number of halogens is 1. The summed E-state index contributed by atoms with van der Waals surface area (Å²) in [6.07, 6.45) is 1.15. The first-order chi connectivity index (χ1) is 9.65. The molecule has 0 saturated carbocycles. The molecule has 2 aromatic heterocycles. The van der Waals surface area contributed by atoms with Gasteiger partial charge in [0.1, 0.15) is 6.10 Å². The molecule has 0 aliphatic carbocycles. The molecule has 20 heavy (non-hydrogen) atoms. The summed E-state index contributed by atoms with van der Waals surface area (Å²) in [5.74, 6) is 0.271. The molecule has 102 valence electrons. The molecule has 3 rings (SSSR count). The zero-order chi connectivity index (χ0) is 14.1. The van der Waals surface area contributed by atoms with Gasteiger partial charge in [-0.2, -0.15) is 9.50 Å². The maximum atomic E-state index is 13.6. The van der Waals surface area contributed by atoms with E-state index >= 15 is 0 Å². The third-order valence-electron chi connectivity index (χ3n) is 2.84. The third kappa shape index (κ3) is 2.13. The van der Waals surface area contributed by atoms with Crippen LogP contribution in [0.1, 0.15) is 18.7 Å². The van der Waals surface area contributed by atoms with E-state index in [1.165, 1.54) is 10.6 Å². The van der Waals surface area contributed by atoms with Crippen LogP contribution in [0.4, 0.5) is 10.3 Å². The Morgan fingerprint density at radius 3 is 2.90 bits per heavy atom. The third-order valence-corrected chi connectivity index (χ3v) is 2.84. The summed E-state index contributed by atoms with van der Waals surface area (Å²) in [6.45, 7) is 1.79. The van der Waals surface area contributed by atoms with Crippen molar-refractivity contribution in [1.82, 2.24) is 19.6 Å². The van der Waals surface area contributed by atoms with Crippen molar-refractivity contribution in [2.45, 2.75) is 13.0 Å². The molecule has 7 heteroatoms. The van der Waals surface area contributed by atoms with E-state index in [1.807, 2.05) is 0 Å². The Morgan fingerprint density at radius 2 is 2.10 bits per heavy atom. The summed E-state index contributed by atoms with van der Waals surface area (Å²) in [6, 6.07) is 7.96. The number of hydrogen-bond donors (Lipinski definition) is 1. The molecule has 0 fully saturated rings. The molecule has 3 aromatic rings. The molecule has 0 saturated heterocycles. The second-order valence-electron chi connectivity index (χ2n) is 4.24. The second-order valence-corrected chi connectivity index (χ2v) is 4.24. The summed E-state index contributed by atoms with van der Waals surface area (Å²) in [4.78, 5) is 8.02. The quantitative estimate of drug-likeness (QED) is 0.789. The molecule has 6 nitrogen and oxygen atoms in total. The van der Waals surface area contributed by atoms with Gasteiger partial charge < -0.3 is 10.5 Å². The number of benzene rings is 1. The number of ether oxygens (including phenoxy) is 1. The lowest BCUT2D eigenvalue weighted by Crippen LogP contribution is -2.10. The largest absolute Gasteiger partial charge is 0.481 e. The number of anilines is 1. The lowest BCUT2D eigenvalue weighted by molar-refractivity contribution is 0.209. The highest BCUT2D eigenvalue weighted by Crippen LogP contribution is 2.23. The Bertz CT molecular complexity index is 757. The fourth-order valence-corrected chi connectivity index (χ4v) is 1.93. The summed E-state index contributed by atoms with van der Waals surface area (Å²) < 4.78 is 20.7. The standard InChI is InChI=1S/C13H12FN5O/c1-8(20-11-5-3-2-4-9(11)14)10-6-7-16-13-17-12(15)18-19(10)13/h2-8H,1H3,(H2,15,18). The molecular formula is C13H12FN5O. The van der Waals surface area contributed by atoms with E-state index in [-0.39, 0.29) is 11.7 Å². The Labute approximate surface area is 114 Å². The summed E-state index contributed by atoms with van der Waals surface area (Å²) in [5.41, 5.74) is 6.24. The summed E-state index contributed by atoms with van der Waals surface area (Å²) in [5, 5.41) is 4.05. The Balaban J connectivity index is 1.97. The van der Waals surface area contributed by atoms with Gasteiger partial charge in [0, 0.05) is 6.20 Å². The predicted octanol–water partition coefficient (Wildman–Crippen LogP) is 1.99. The number of nitrogens with two attached hydrogens (primary N) is 1. The van der Waals surface area contributed by atoms with Gasteiger partial charge in [-0.3, -0.25) is 0 Å². The minimum atomic E-state index is -0.432. The number of nitrogen functional groups attached to an aromatic ring is 1. The van der Waals surface area contributed by atoms with Crippen molar-refractivity contribution in [3.8, 4) is 5.75 Å². The first kappa shape index (κ1) is 12.3. The topological polar surface area (TPSA) is 78.3 Å². The highest BCUT2D eigenvalue weighted by atomic mass is 19.1. The molecule has 0 radical (unpaired) electrons. The predicted molar refractivity (Wildman–Crippen MR) is 70.6 cm³/mol. The van der Waals surface area contributed by atoms with Gasteiger partial charge in [-0.15, -0.1) is 5.10 Å². The van der Waals surface area contributed by atoms with Crippen molar-refractivity contribution in [2.24, 2.45) is 0 Å². The SMILES string of the molecule is CC(Oc1ccccc1F)c1ccnc2nc(N)nn12. The van der Waals surface area contributed by atoms with E-state index in [0.29, 0.717) is 11.5 Å². The van der Waals surface area contributed by atoms with E-state index in [4.69, 9.17) is 10.5 Å². The van der Waals surface area contributed by atoms with Crippen LogP contribution < -0.4 is 10.5 Å². The first-order valence-corrected chi connectivity index (χ1v) is 6.03. The molecule has 0 spiro atoms. The maximum absolute atomic E-state index is 13.6. The highest BCUT2D eigenvalue weighted by molar-refractivity contribution is 5.35. The van der Waals surface area contributed by atoms with Crippen LogP contribution in [-0.2, 0) is 0 Å². The van der Waals surface area contributed by atoms with Crippen LogP contribution >= 0.6 is 0 Å². The van der Waals surface area contributed by atoms with Crippen molar-refractivity contribution < 1.29 is 9.13 Å². The van der Waals surface area contributed by atoms with Crippen molar-refractivity contribution in [1.29, 1.82) is 0 Å². The number of hydrogen-bond acceptors (Lipinski definition) is 5. The zero-order valence-corrected chi connectivity index (χ0v) is 10.7. The van der Waals surface area contributed by atoms with Crippen molar-refractivity contribution in [3.63, 3.8) is 0 Å². The van der Waals surface area contributed by atoms with E-state index < -0.39 is 11.9 Å². The Hall–Kier alpha value is -2.70. The number of para-hydroxylation sites is 1. The molecule has 1 unspecified atom stereocenters. The van der Waals surface area contributed by atoms with E-state index in [1.54, 1.807) is 37.4 Å². The molecule has 1 atom stereocenters. The first-order valence-electron chi connectivity index (χ1n) is 6.03. The molecule has 0 bridgehead atoms. The molecule has 0 aliphatic heterocycles. The van der Waals surface area contributed by atoms with Crippen molar-refractivity contribution in [2.75, 3.05) is 5.73 Å². The van der Waals surface area contributed by atoms with E-state index in [9.17, 15) is 4.39 Å². The van der Waals surface area contributed by atoms with Crippen LogP contribution in [0.25, 0.3) is 5.78 Å². The number of fused-ring (bicyclic) bond motifs is 1. The van der Waals surface area contributed by atoms with Gasteiger partial charge in [0.2, 0.25) is 5.95 Å². The van der Waals surface area contributed by atoms with Gasteiger partial charge in [-0.25, -0.2) is 9.37 Å². The van der Waals surface area contributed by atoms with Gasteiger partial charge in [0.05, 0.1) is 5.69 Å². The van der Waals surface area contributed by atoms with Crippen molar-refractivity contribution >= 4 is 11.7 Å². The number of rotatable bonds is 3. The van der Waals surface area contributed by atoms with Crippen LogP contribution in [0.3, 0.4) is 0 Å². The zero-order valence-electron chi connectivity index (χ0n) is 10.7. The monoisotopic (exact) mass is 273 g/mol. The molecule has 0 aliphatic rings. The fraction of sp³-hybridized carbons (Fsp3) is 0.154. The van der Waals surface area contributed by atoms with Gasteiger partial charge in [0.15, 0.2) is 11.6 Å². The highest BCUT2D eigenvalue weighted by Gasteiger charge is 2.15. The normalized spacial score (nSPS) is 12.5. The smallest absolute Gasteiger partial charge is 0.254 e. The fourth-order valence-electron chi connectivity index (χ4n) is 1.93. The summed E-state index contributed by atoms with van der Waals surface area (Å²) >= 11 is 0. The number of nitrogens with zero attached hydrogens (tertiary/aromatic N) is 4. The van der Waals surface area contributed by atoms with Crippen LogP contribution in [0.15, 0.2) is 36.5 Å². The average molecular weight is 273 g/mol.